The van der Waals surface area contributed by atoms with Crippen molar-refractivity contribution < 1.29 is 4.79 Å². The molecule has 1 aromatic heterocycles. The molecule has 0 saturated heterocycles. The molecule has 1 amide bonds. The lowest BCUT2D eigenvalue weighted by molar-refractivity contribution is 0.0940. The first kappa shape index (κ1) is 14.6. The van der Waals surface area contributed by atoms with Crippen molar-refractivity contribution in [2.75, 3.05) is 0 Å². The van der Waals surface area contributed by atoms with E-state index in [1.54, 1.807) is 24.3 Å². The molecule has 0 saturated carbocycles. The van der Waals surface area contributed by atoms with Gasteiger partial charge in [-0.15, -0.1) is 0 Å². The second-order valence-electron chi connectivity index (χ2n) is 4.73. The molecule has 0 bridgehead atoms. The van der Waals surface area contributed by atoms with Gasteiger partial charge in [-0.1, -0.05) is 11.6 Å². The van der Waals surface area contributed by atoms with Crippen molar-refractivity contribution in [1.82, 2.24) is 15.1 Å². The Morgan fingerprint density at radius 2 is 2.05 bits per heavy atom. The first-order valence-electron chi connectivity index (χ1n) is 6.61. The van der Waals surface area contributed by atoms with Crippen LogP contribution in [0.25, 0.3) is 0 Å². The van der Waals surface area contributed by atoms with E-state index < -0.39 is 0 Å². The normalized spacial score (nSPS) is 12.2. The molecule has 1 heterocycles. The highest BCUT2D eigenvalue weighted by atomic mass is 35.5. The van der Waals surface area contributed by atoms with E-state index in [2.05, 4.69) is 10.4 Å². The van der Waals surface area contributed by atoms with Crippen molar-refractivity contribution in [3.8, 4) is 0 Å². The Kier molecular flexibility index (Phi) is 4.45. The Labute approximate surface area is 123 Å². The number of rotatable bonds is 4. The summed E-state index contributed by atoms with van der Waals surface area (Å²) in [7, 11) is 0. The van der Waals surface area contributed by atoms with E-state index in [0.717, 1.165) is 17.8 Å². The summed E-state index contributed by atoms with van der Waals surface area (Å²) in [5.41, 5.74) is 2.58. The fraction of sp³-hybridized carbons (Fsp3) is 0.333. The van der Waals surface area contributed by atoms with Gasteiger partial charge in [-0.3, -0.25) is 9.48 Å². The average Bonchev–Trinajstić information content (AvgIpc) is 2.80. The van der Waals surface area contributed by atoms with Crippen molar-refractivity contribution in [2.24, 2.45) is 0 Å². The molecule has 0 aliphatic rings. The maximum Gasteiger partial charge on any atom is 0.251 e. The van der Waals surface area contributed by atoms with Gasteiger partial charge in [0.25, 0.3) is 5.91 Å². The Morgan fingerprint density at radius 1 is 1.40 bits per heavy atom. The van der Waals surface area contributed by atoms with Crippen molar-refractivity contribution in [3.05, 3.63) is 52.3 Å². The monoisotopic (exact) mass is 291 g/mol. The van der Waals surface area contributed by atoms with E-state index in [9.17, 15) is 4.79 Å². The molecule has 1 unspecified atom stereocenters. The number of aromatic nitrogens is 2. The molecule has 4 nitrogen and oxygen atoms in total. The summed E-state index contributed by atoms with van der Waals surface area (Å²) in [6.07, 6.45) is 1.97. The van der Waals surface area contributed by atoms with Crippen LogP contribution in [0.4, 0.5) is 0 Å². The van der Waals surface area contributed by atoms with E-state index in [1.807, 2.05) is 31.6 Å². The van der Waals surface area contributed by atoms with Crippen LogP contribution in [0.5, 0.6) is 0 Å². The molecule has 106 valence electrons. The summed E-state index contributed by atoms with van der Waals surface area (Å²) in [5.74, 6) is -0.113. The summed E-state index contributed by atoms with van der Waals surface area (Å²) >= 11 is 5.81. The maximum absolute atomic E-state index is 12.1. The lowest BCUT2D eigenvalue weighted by atomic mass is 10.1. The number of halogens is 1. The summed E-state index contributed by atoms with van der Waals surface area (Å²) in [5, 5.41) is 7.98. The smallest absolute Gasteiger partial charge is 0.251 e. The largest absolute Gasteiger partial charge is 0.345 e. The first-order valence-corrected chi connectivity index (χ1v) is 6.99. The summed E-state index contributed by atoms with van der Waals surface area (Å²) < 4.78 is 1.87. The molecule has 0 aliphatic heterocycles. The van der Waals surface area contributed by atoms with Gasteiger partial charge in [-0.25, -0.2) is 0 Å². The number of aryl methyl sites for hydroxylation is 2. The van der Waals surface area contributed by atoms with Gasteiger partial charge in [0.2, 0.25) is 0 Å². The third-order valence-corrected chi connectivity index (χ3v) is 3.48. The van der Waals surface area contributed by atoms with Crippen LogP contribution in [-0.4, -0.2) is 15.7 Å². The fourth-order valence-corrected chi connectivity index (χ4v) is 2.21. The molecular weight excluding hydrogens is 274 g/mol. The first-order chi connectivity index (χ1) is 9.51. The molecule has 1 atom stereocenters. The van der Waals surface area contributed by atoms with Crippen LogP contribution in [0.3, 0.4) is 0 Å². The number of benzene rings is 1. The minimum atomic E-state index is -0.113. The van der Waals surface area contributed by atoms with Gasteiger partial charge in [-0.05, 0) is 45.0 Å². The predicted molar refractivity (Wildman–Crippen MR) is 80.0 cm³/mol. The third-order valence-electron chi connectivity index (χ3n) is 3.23. The minimum absolute atomic E-state index is 0.0847. The van der Waals surface area contributed by atoms with E-state index in [-0.39, 0.29) is 11.9 Å². The number of hydrogen-bond donors (Lipinski definition) is 1. The van der Waals surface area contributed by atoms with E-state index in [1.165, 1.54) is 0 Å². The van der Waals surface area contributed by atoms with Gasteiger partial charge in [0.05, 0.1) is 11.7 Å². The zero-order valence-corrected chi connectivity index (χ0v) is 12.6. The number of carbonyl (C=O) groups is 1. The van der Waals surface area contributed by atoms with E-state index in [4.69, 9.17) is 11.6 Å². The summed E-state index contributed by atoms with van der Waals surface area (Å²) in [4.78, 5) is 12.1. The van der Waals surface area contributed by atoms with Crippen LogP contribution in [0, 0.1) is 6.92 Å². The van der Waals surface area contributed by atoms with Gasteiger partial charge >= 0.3 is 0 Å². The highest BCUT2D eigenvalue weighted by molar-refractivity contribution is 6.30. The molecule has 0 spiro atoms. The van der Waals surface area contributed by atoms with Crippen LogP contribution >= 0.6 is 11.6 Å². The van der Waals surface area contributed by atoms with Crippen LogP contribution in [-0.2, 0) is 6.54 Å². The summed E-state index contributed by atoms with van der Waals surface area (Å²) in [6.45, 7) is 6.76. The molecule has 2 rings (SSSR count). The molecule has 1 N–H and O–H groups in total. The van der Waals surface area contributed by atoms with Crippen LogP contribution in [0.15, 0.2) is 30.5 Å². The fourth-order valence-electron chi connectivity index (χ4n) is 2.08. The molecule has 1 aromatic carbocycles. The van der Waals surface area contributed by atoms with Crippen molar-refractivity contribution in [2.45, 2.75) is 33.4 Å². The average molecular weight is 292 g/mol. The molecule has 0 fully saturated rings. The second kappa shape index (κ2) is 6.09. The molecule has 20 heavy (non-hydrogen) atoms. The minimum Gasteiger partial charge on any atom is -0.345 e. The number of amides is 1. The Morgan fingerprint density at radius 3 is 2.60 bits per heavy atom. The lowest BCUT2D eigenvalue weighted by Gasteiger charge is -2.13. The Hall–Kier alpha value is -1.81. The van der Waals surface area contributed by atoms with Crippen LogP contribution < -0.4 is 5.32 Å². The van der Waals surface area contributed by atoms with E-state index in [0.29, 0.717) is 10.6 Å². The lowest BCUT2D eigenvalue weighted by Crippen LogP contribution is -2.26. The van der Waals surface area contributed by atoms with Gasteiger partial charge in [0.15, 0.2) is 0 Å². The van der Waals surface area contributed by atoms with Crippen molar-refractivity contribution >= 4 is 17.5 Å². The van der Waals surface area contributed by atoms with Gasteiger partial charge in [0, 0.05) is 28.9 Å². The van der Waals surface area contributed by atoms with Crippen molar-refractivity contribution in [3.63, 3.8) is 0 Å². The predicted octanol–water partition coefficient (Wildman–Crippen LogP) is 3.36. The van der Waals surface area contributed by atoms with Gasteiger partial charge in [0.1, 0.15) is 0 Å². The number of nitrogens with one attached hydrogen (secondary N) is 1. The highest BCUT2D eigenvalue weighted by Crippen LogP contribution is 2.17. The van der Waals surface area contributed by atoms with Gasteiger partial charge < -0.3 is 5.32 Å². The third kappa shape index (κ3) is 3.20. The van der Waals surface area contributed by atoms with E-state index >= 15 is 0 Å². The second-order valence-corrected chi connectivity index (χ2v) is 5.16. The maximum atomic E-state index is 12.1. The zero-order chi connectivity index (χ0) is 14.7. The molecular formula is C15H18ClN3O. The number of nitrogens with zero attached hydrogens (tertiary/aromatic N) is 2. The van der Waals surface area contributed by atoms with Crippen LogP contribution in [0.2, 0.25) is 5.02 Å². The number of hydrogen-bond acceptors (Lipinski definition) is 2. The van der Waals surface area contributed by atoms with Crippen molar-refractivity contribution in [1.29, 1.82) is 0 Å². The SMILES string of the molecule is CCn1cc(C(C)NC(=O)c2ccc(Cl)cc2)c(C)n1. The molecule has 0 aliphatic carbocycles. The Balaban J connectivity index is 2.10. The zero-order valence-electron chi connectivity index (χ0n) is 11.9. The standard InChI is InChI=1S/C15H18ClN3O/c1-4-19-9-14(11(3)18-19)10(2)17-15(20)12-5-7-13(16)8-6-12/h5-10H,4H2,1-3H3,(H,17,20). The van der Waals surface area contributed by atoms with Crippen LogP contribution in [0.1, 0.15) is 41.5 Å². The molecule has 0 radical (unpaired) electrons. The quantitative estimate of drug-likeness (QED) is 0.939. The molecule has 2 aromatic rings. The Bertz CT molecular complexity index is 604. The number of carbonyl (C=O) groups excluding carboxylic acids is 1. The highest BCUT2D eigenvalue weighted by Gasteiger charge is 2.15. The topological polar surface area (TPSA) is 46.9 Å². The van der Waals surface area contributed by atoms with Gasteiger partial charge in [-0.2, -0.15) is 5.10 Å². The molecule has 5 heteroatoms. The summed E-state index contributed by atoms with van der Waals surface area (Å²) in [6, 6.07) is 6.76.